The van der Waals surface area contributed by atoms with Gasteiger partial charge < -0.3 is 45.9 Å². The zero-order valence-corrected chi connectivity index (χ0v) is 51.0. The molecule has 5 aliphatic rings. The fourth-order valence-corrected chi connectivity index (χ4v) is 10.6. The van der Waals surface area contributed by atoms with Gasteiger partial charge in [0.25, 0.3) is 5.91 Å². The monoisotopic (exact) mass is 1200 g/mol. The highest BCUT2D eigenvalue weighted by Crippen LogP contribution is 2.31. The van der Waals surface area contributed by atoms with Gasteiger partial charge in [0.2, 0.25) is 18.2 Å². The third kappa shape index (κ3) is 22.9. The minimum atomic E-state index is -0.610. The number of aromatic amines is 1. The van der Waals surface area contributed by atoms with Crippen LogP contribution in [-0.2, 0) is 30.3 Å². The van der Waals surface area contributed by atoms with Crippen molar-refractivity contribution < 1.29 is 41.8 Å². The van der Waals surface area contributed by atoms with Crippen molar-refractivity contribution in [3.63, 3.8) is 0 Å². The highest BCUT2D eigenvalue weighted by Gasteiger charge is 2.27. The molecule has 5 aromatic rings. The number of piperidine rings is 2. The molecule has 1 aromatic heterocycles. The number of likely N-dealkylation sites (tertiary alicyclic amines) is 1. The molecule has 5 saturated heterocycles. The van der Waals surface area contributed by atoms with Crippen molar-refractivity contribution in [2.45, 2.75) is 130 Å². The first kappa shape index (κ1) is 70.2. The second-order valence-electron chi connectivity index (χ2n) is 22.0. The van der Waals surface area contributed by atoms with Crippen LogP contribution in [0.25, 0.3) is 10.9 Å². The van der Waals surface area contributed by atoms with Gasteiger partial charge in [-0.05, 0) is 180 Å². The van der Waals surface area contributed by atoms with E-state index in [1.807, 2.05) is 93.3 Å². The Morgan fingerprint density at radius 2 is 1.47 bits per heavy atom. The molecule has 19 heteroatoms. The molecule has 1 atom stereocenters. The molecule has 0 radical (unpaired) electrons. The van der Waals surface area contributed by atoms with Crippen LogP contribution in [0.5, 0.6) is 0 Å². The molecule has 87 heavy (non-hydrogen) atoms. The lowest BCUT2D eigenvalue weighted by molar-refractivity contribution is -0.133. The van der Waals surface area contributed by atoms with Gasteiger partial charge in [-0.2, -0.15) is 5.10 Å². The van der Waals surface area contributed by atoms with Gasteiger partial charge in [0.15, 0.2) is 5.82 Å². The second-order valence-corrected chi connectivity index (χ2v) is 22.0. The molecule has 5 fully saturated rings. The summed E-state index contributed by atoms with van der Waals surface area (Å²) in [6.45, 7) is 21.7. The number of piperazine rings is 1. The van der Waals surface area contributed by atoms with Crippen molar-refractivity contribution in [2.24, 2.45) is 5.73 Å². The van der Waals surface area contributed by atoms with Crippen LogP contribution in [0.1, 0.15) is 133 Å². The quantitative estimate of drug-likeness (QED) is 0.0330. The number of likely N-dealkylation sites (N-methyl/N-ethyl adjacent to an activating group) is 1. The number of allylic oxidation sites excluding steroid dienone is 7. The summed E-state index contributed by atoms with van der Waals surface area (Å²) in [4.78, 5) is 53.8. The van der Waals surface area contributed by atoms with E-state index in [2.05, 4.69) is 73.1 Å². The number of imide groups is 1. The Morgan fingerprint density at radius 1 is 0.816 bits per heavy atom. The first-order valence-corrected chi connectivity index (χ1v) is 30.2. The summed E-state index contributed by atoms with van der Waals surface area (Å²) in [5.41, 5.74) is 14.2. The summed E-state index contributed by atoms with van der Waals surface area (Å²) < 4.78 is 50.5. The van der Waals surface area contributed by atoms with Crippen LogP contribution >= 0.6 is 0 Å². The molecule has 0 bridgehead atoms. The molecule has 4 aromatic carbocycles. The third-order valence-electron chi connectivity index (χ3n) is 15.4. The lowest BCUT2D eigenvalue weighted by Gasteiger charge is -2.34. The van der Waals surface area contributed by atoms with Crippen molar-refractivity contribution in [2.75, 3.05) is 93.6 Å². The highest BCUT2D eigenvalue weighted by atomic mass is 19.1. The van der Waals surface area contributed by atoms with Gasteiger partial charge in [0.05, 0.1) is 16.9 Å². The number of carbonyl (C=O) groups excluding carboxylic acids is 4. The van der Waals surface area contributed by atoms with Gasteiger partial charge in [-0.1, -0.05) is 64.3 Å². The number of nitrogens with zero attached hydrogens (tertiary/aromatic N) is 4. The van der Waals surface area contributed by atoms with E-state index in [1.165, 1.54) is 30.7 Å². The number of hydrogen-bond acceptors (Lipinski definition) is 12. The maximum atomic E-state index is 13.7. The van der Waals surface area contributed by atoms with Crippen molar-refractivity contribution in [3.05, 3.63) is 161 Å². The Bertz CT molecular complexity index is 3060. The summed E-state index contributed by atoms with van der Waals surface area (Å²) >= 11 is 0. The molecular weight excluding hydrogens is 1110 g/mol. The van der Waals surface area contributed by atoms with Crippen molar-refractivity contribution in [1.82, 2.24) is 25.3 Å². The first-order valence-electron chi connectivity index (χ1n) is 30.2. The molecule has 6 heterocycles. The number of nitrogens with one attached hydrogen (secondary N) is 5. The zero-order valence-electron chi connectivity index (χ0n) is 51.0. The molecule has 10 rings (SSSR count). The largest absolute Gasteiger partial charge is 0.381 e. The van der Waals surface area contributed by atoms with Crippen LogP contribution in [0.15, 0.2) is 127 Å². The highest BCUT2D eigenvalue weighted by molar-refractivity contribution is 6.11. The maximum absolute atomic E-state index is 13.7. The number of fused-ring (bicyclic) bond motifs is 1. The average molecular weight is 1200 g/mol. The molecule has 0 aliphatic carbocycles. The van der Waals surface area contributed by atoms with Gasteiger partial charge in [-0.15, -0.1) is 0 Å². The topological polar surface area (TPSA) is 199 Å². The number of halogens is 3. The van der Waals surface area contributed by atoms with Gasteiger partial charge in [-0.25, -0.2) is 13.2 Å². The molecule has 4 amide bonds. The molecule has 16 nitrogen and oxygen atoms in total. The predicted octanol–water partition coefficient (Wildman–Crippen LogP) is 12.4. The Hall–Kier alpha value is -7.58. The molecule has 1 unspecified atom stereocenters. The molecule has 0 spiro atoms. The van der Waals surface area contributed by atoms with E-state index >= 15 is 0 Å². The second kappa shape index (κ2) is 36.5. The van der Waals surface area contributed by atoms with E-state index < -0.39 is 11.6 Å². The molecule has 0 saturated carbocycles. The van der Waals surface area contributed by atoms with E-state index in [1.54, 1.807) is 0 Å². The normalized spacial score (nSPS) is 18.0. The Balaban J connectivity index is 0.000000251. The third-order valence-corrected chi connectivity index (χ3v) is 15.4. The number of aromatic nitrogens is 2. The molecular formula is C68H93F3N10O6. The fraction of sp³-hybridized carbons (Fsp3) is 0.456. The van der Waals surface area contributed by atoms with Gasteiger partial charge >= 0.3 is 0 Å². The van der Waals surface area contributed by atoms with E-state index in [9.17, 15) is 32.3 Å². The molecule has 7 N–H and O–H groups in total. The van der Waals surface area contributed by atoms with Crippen LogP contribution in [0.4, 0.5) is 36.1 Å². The molecule has 472 valence electrons. The predicted molar refractivity (Wildman–Crippen MR) is 346 cm³/mol. The standard InChI is InChI=1S/C31H34F2N6O2.C17H21N3O3.C12H17F.C5H11NO.C2H6.CH4/c1-38-8-10-39(11-9-38)25-3-4-26(29(19-25)34-24-6-12-41-13-7-24)31(40)35-30-27-17-20(2-5-28(27)36-37-30)14-21-15-22(32)18-23(33)16-21;21-11-20-9-7-13(8-10-20)12-1-3-14(4-2-12)18-15-5-6-16(22)19-17(15)23;1-5-7-12(6-2)9-10(3)8-11(4)13;6-5-1-3-7-4-2-5;1-2;/h2-5,15-19,24,34H,6-14H2,1H3,(H2,35,36,37,40);1-4,11,13,15,18H,5-10H2,(H,19,22,23);5-8H,3,9H2,1-2,4H3;5H,1-4,6H2;1-2H3;1H4/b;;7-5-,11-8+,12-6+;;;. The fourth-order valence-electron chi connectivity index (χ4n) is 10.6. The first-order chi connectivity index (χ1) is 41.5. The number of anilines is 4. The number of H-pyrrole nitrogens is 1. The van der Waals surface area contributed by atoms with Gasteiger partial charge in [-0.3, -0.25) is 29.6 Å². The minimum absolute atomic E-state index is 0. The van der Waals surface area contributed by atoms with Gasteiger partial charge in [0.1, 0.15) is 17.7 Å². The lowest BCUT2D eigenvalue weighted by atomic mass is 9.89. The number of rotatable bonds is 15. The van der Waals surface area contributed by atoms with Crippen LogP contribution in [-0.4, -0.2) is 135 Å². The Labute approximate surface area is 513 Å². The average Bonchev–Trinajstić information content (AvgIpc) is 3.04. The molecule has 5 aliphatic heterocycles. The van der Waals surface area contributed by atoms with Crippen LogP contribution in [0.3, 0.4) is 0 Å². The van der Waals surface area contributed by atoms with Crippen LogP contribution < -0.4 is 31.9 Å². The van der Waals surface area contributed by atoms with Gasteiger partial charge in [0, 0.05) is 113 Å². The van der Waals surface area contributed by atoms with E-state index in [0.29, 0.717) is 67.8 Å². The number of benzene rings is 4. The maximum Gasteiger partial charge on any atom is 0.258 e. The minimum Gasteiger partial charge on any atom is -0.381 e. The zero-order chi connectivity index (χ0) is 62.0. The number of ether oxygens (including phenoxy) is 2. The summed E-state index contributed by atoms with van der Waals surface area (Å²) in [5, 5.41) is 20.2. The van der Waals surface area contributed by atoms with Crippen molar-refractivity contribution >= 4 is 57.9 Å². The number of nitrogens with two attached hydrogens (primary N) is 1. The smallest absolute Gasteiger partial charge is 0.258 e. The van der Waals surface area contributed by atoms with E-state index in [0.717, 1.165) is 148 Å². The van der Waals surface area contributed by atoms with Crippen molar-refractivity contribution in [3.8, 4) is 0 Å². The Morgan fingerprint density at radius 3 is 2.06 bits per heavy atom. The number of hydrogen-bond donors (Lipinski definition) is 6. The summed E-state index contributed by atoms with van der Waals surface area (Å²) in [6, 6.07) is 23.5. The SMILES string of the molecule is C.C=C(/C=C(\C)F)CC(/C=C\C)=C/C.CC.CN1CCN(c2ccc(C(=O)Nc3n[nH]c4ccc(Cc5cc(F)cc(F)c5)cc34)c(NC3CCOCC3)c2)CC1.NC1CCOCC1.O=CN1CCC(c2ccc(NC3CCC(=O)NC3=O)cc2)CC1. The van der Waals surface area contributed by atoms with E-state index in [-0.39, 0.29) is 43.1 Å². The van der Waals surface area contributed by atoms with E-state index in [4.69, 9.17) is 15.2 Å². The Kier molecular flexibility index (Phi) is 29.5. The summed E-state index contributed by atoms with van der Waals surface area (Å²) in [5.74, 6) is -1.26. The lowest BCUT2D eigenvalue weighted by Crippen LogP contribution is -2.47. The summed E-state index contributed by atoms with van der Waals surface area (Å²) in [6.07, 6.45) is 16.1. The number of amides is 4. The van der Waals surface area contributed by atoms with Crippen molar-refractivity contribution in [1.29, 1.82) is 0 Å². The van der Waals surface area contributed by atoms with Crippen LogP contribution in [0.2, 0.25) is 0 Å². The number of carbonyl (C=O) groups is 4. The van der Waals surface area contributed by atoms with Crippen LogP contribution in [0, 0.1) is 11.6 Å². The summed E-state index contributed by atoms with van der Waals surface area (Å²) in [7, 11) is 2.13.